The number of aromatic nitrogens is 1. The van der Waals surface area contributed by atoms with Crippen molar-refractivity contribution in [3.63, 3.8) is 0 Å². The third kappa shape index (κ3) is 2.42. The van der Waals surface area contributed by atoms with Gasteiger partial charge in [0.05, 0.1) is 0 Å². The Hall–Kier alpha value is -0.930. The van der Waals surface area contributed by atoms with Gasteiger partial charge in [-0.25, -0.2) is 0 Å². The first kappa shape index (κ1) is 11.6. The van der Waals surface area contributed by atoms with Crippen LogP contribution in [0.15, 0.2) is 24.5 Å². The molecule has 2 heterocycles. The average Bonchev–Trinajstić information content (AvgIpc) is 2.80. The standard InChI is InChI=1S/C13H21N3/c1-2-11-5-7-16(10-11)13(8-14)12-4-3-6-15-9-12/h3-4,6,9,11,13H,2,5,7-8,10,14H2,1H3. The van der Waals surface area contributed by atoms with E-state index in [4.69, 9.17) is 5.73 Å². The van der Waals surface area contributed by atoms with E-state index >= 15 is 0 Å². The number of hydrogen-bond donors (Lipinski definition) is 1. The van der Waals surface area contributed by atoms with Crippen LogP contribution < -0.4 is 5.73 Å². The molecule has 0 saturated carbocycles. The van der Waals surface area contributed by atoms with Crippen molar-refractivity contribution in [2.24, 2.45) is 11.7 Å². The molecule has 3 nitrogen and oxygen atoms in total. The molecular formula is C13H21N3. The Labute approximate surface area is 97.7 Å². The molecule has 16 heavy (non-hydrogen) atoms. The molecule has 1 aromatic rings. The Morgan fingerprint density at radius 3 is 3.06 bits per heavy atom. The first-order chi connectivity index (χ1) is 7.85. The summed E-state index contributed by atoms with van der Waals surface area (Å²) in [6, 6.07) is 4.47. The van der Waals surface area contributed by atoms with Crippen molar-refractivity contribution >= 4 is 0 Å². The number of pyridine rings is 1. The van der Waals surface area contributed by atoms with Gasteiger partial charge in [-0.15, -0.1) is 0 Å². The summed E-state index contributed by atoms with van der Waals surface area (Å²) in [5.41, 5.74) is 7.15. The van der Waals surface area contributed by atoms with Gasteiger partial charge in [-0.3, -0.25) is 9.88 Å². The third-order valence-electron chi connectivity index (χ3n) is 3.63. The number of hydrogen-bond acceptors (Lipinski definition) is 3. The molecule has 0 aromatic carbocycles. The molecule has 3 heteroatoms. The van der Waals surface area contributed by atoms with Crippen LogP contribution in [-0.4, -0.2) is 29.5 Å². The van der Waals surface area contributed by atoms with Crippen molar-refractivity contribution in [1.82, 2.24) is 9.88 Å². The second kappa shape index (κ2) is 5.41. The van der Waals surface area contributed by atoms with Gasteiger partial charge < -0.3 is 5.73 Å². The zero-order chi connectivity index (χ0) is 11.4. The van der Waals surface area contributed by atoms with Crippen molar-refractivity contribution in [2.45, 2.75) is 25.8 Å². The molecule has 1 aliphatic rings. The van der Waals surface area contributed by atoms with Gasteiger partial charge in [0.1, 0.15) is 0 Å². The van der Waals surface area contributed by atoms with Crippen molar-refractivity contribution in [3.05, 3.63) is 30.1 Å². The maximum absolute atomic E-state index is 5.90. The fourth-order valence-electron chi connectivity index (χ4n) is 2.55. The first-order valence-electron chi connectivity index (χ1n) is 6.19. The van der Waals surface area contributed by atoms with Crippen LogP contribution in [0.5, 0.6) is 0 Å². The molecule has 0 radical (unpaired) electrons. The van der Waals surface area contributed by atoms with E-state index < -0.39 is 0 Å². The lowest BCUT2D eigenvalue weighted by atomic mass is 10.1. The van der Waals surface area contributed by atoms with E-state index in [0.29, 0.717) is 12.6 Å². The van der Waals surface area contributed by atoms with E-state index in [9.17, 15) is 0 Å². The van der Waals surface area contributed by atoms with Crippen molar-refractivity contribution < 1.29 is 0 Å². The van der Waals surface area contributed by atoms with E-state index in [1.807, 2.05) is 18.5 Å². The van der Waals surface area contributed by atoms with Crippen molar-refractivity contribution in [3.8, 4) is 0 Å². The average molecular weight is 219 g/mol. The fourth-order valence-corrected chi connectivity index (χ4v) is 2.55. The van der Waals surface area contributed by atoms with E-state index in [1.54, 1.807) is 0 Å². The molecule has 2 unspecified atom stereocenters. The molecule has 88 valence electrons. The van der Waals surface area contributed by atoms with Crippen LogP contribution >= 0.6 is 0 Å². The minimum atomic E-state index is 0.352. The van der Waals surface area contributed by atoms with Crippen LogP contribution in [0.25, 0.3) is 0 Å². The van der Waals surface area contributed by atoms with Gasteiger partial charge >= 0.3 is 0 Å². The SMILES string of the molecule is CCC1CCN(C(CN)c2cccnc2)C1. The smallest absolute Gasteiger partial charge is 0.0485 e. The van der Waals surface area contributed by atoms with Gasteiger partial charge in [0.25, 0.3) is 0 Å². The molecule has 2 atom stereocenters. The summed E-state index contributed by atoms with van der Waals surface area (Å²) in [6.45, 7) is 5.32. The van der Waals surface area contributed by atoms with E-state index in [1.165, 1.54) is 31.5 Å². The number of rotatable bonds is 4. The molecule has 2 N–H and O–H groups in total. The third-order valence-corrected chi connectivity index (χ3v) is 3.63. The molecule has 1 aromatic heterocycles. The highest BCUT2D eigenvalue weighted by molar-refractivity contribution is 5.15. The molecule has 2 rings (SSSR count). The Bertz CT molecular complexity index is 312. The Kier molecular flexibility index (Phi) is 3.91. The maximum atomic E-state index is 5.90. The normalized spacial score (nSPS) is 23.5. The highest BCUT2D eigenvalue weighted by atomic mass is 15.2. The number of nitrogens with two attached hydrogens (primary N) is 1. The monoisotopic (exact) mass is 219 g/mol. The largest absolute Gasteiger partial charge is 0.329 e. The quantitative estimate of drug-likeness (QED) is 0.840. The molecule has 1 aliphatic heterocycles. The summed E-state index contributed by atoms with van der Waals surface area (Å²) in [7, 11) is 0. The van der Waals surface area contributed by atoms with Gasteiger partial charge in [-0.2, -0.15) is 0 Å². The van der Waals surface area contributed by atoms with Crippen molar-refractivity contribution in [2.75, 3.05) is 19.6 Å². The second-order valence-corrected chi connectivity index (χ2v) is 4.60. The molecule has 1 saturated heterocycles. The first-order valence-corrected chi connectivity index (χ1v) is 6.19. The highest BCUT2D eigenvalue weighted by Gasteiger charge is 2.27. The summed E-state index contributed by atoms with van der Waals surface area (Å²) >= 11 is 0. The molecule has 0 aliphatic carbocycles. The minimum Gasteiger partial charge on any atom is -0.329 e. The second-order valence-electron chi connectivity index (χ2n) is 4.60. The minimum absolute atomic E-state index is 0.352. The van der Waals surface area contributed by atoms with Gasteiger partial charge in [-0.05, 0) is 30.5 Å². The highest BCUT2D eigenvalue weighted by Crippen LogP contribution is 2.27. The lowest BCUT2D eigenvalue weighted by Crippen LogP contribution is -2.32. The molecule has 0 bridgehead atoms. The summed E-state index contributed by atoms with van der Waals surface area (Å²) < 4.78 is 0. The van der Waals surface area contributed by atoms with Crippen LogP contribution in [0, 0.1) is 5.92 Å². The molecule has 0 amide bonds. The van der Waals surface area contributed by atoms with Crippen LogP contribution in [0.3, 0.4) is 0 Å². The van der Waals surface area contributed by atoms with Crippen LogP contribution in [0.1, 0.15) is 31.4 Å². The van der Waals surface area contributed by atoms with Gasteiger partial charge in [-0.1, -0.05) is 19.4 Å². The topological polar surface area (TPSA) is 42.1 Å². The summed E-state index contributed by atoms with van der Waals surface area (Å²) in [6.07, 6.45) is 6.35. The summed E-state index contributed by atoms with van der Waals surface area (Å²) in [5.74, 6) is 0.853. The summed E-state index contributed by atoms with van der Waals surface area (Å²) in [4.78, 5) is 6.69. The fraction of sp³-hybridized carbons (Fsp3) is 0.615. The Morgan fingerprint density at radius 1 is 1.62 bits per heavy atom. The van der Waals surface area contributed by atoms with Gasteiger partial charge in [0.15, 0.2) is 0 Å². The van der Waals surface area contributed by atoms with E-state index in [-0.39, 0.29) is 0 Å². The van der Waals surface area contributed by atoms with Crippen molar-refractivity contribution in [1.29, 1.82) is 0 Å². The summed E-state index contributed by atoms with van der Waals surface area (Å²) in [5, 5.41) is 0. The Balaban J connectivity index is 2.06. The molecule has 0 spiro atoms. The zero-order valence-corrected chi connectivity index (χ0v) is 9.97. The van der Waals surface area contributed by atoms with Gasteiger partial charge in [0, 0.05) is 31.5 Å². The van der Waals surface area contributed by atoms with Gasteiger partial charge in [0.2, 0.25) is 0 Å². The van der Waals surface area contributed by atoms with E-state index in [2.05, 4.69) is 22.9 Å². The Morgan fingerprint density at radius 2 is 2.50 bits per heavy atom. The lowest BCUT2D eigenvalue weighted by Gasteiger charge is -2.26. The van der Waals surface area contributed by atoms with Crippen LogP contribution in [0.2, 0.25) is 0 Å². The van der Waals surface area contributed by atoms with E-state index in [0.717, 1.165) is 5.92 Å². The molecular weight excluding hydrogens is 198 g/mol. The number of nitrogens with zero attached hydrogens (tertiary/aromatic N) is 2. The predicted octanol–water partition coefficient (Wildman–Crippen LogP) is 1.81. The zero-order valence-electron chi connectivity index (χ0n) is 9.97. The van der Waals surface area contributed by atoms with Crippen LogP contribution in [0.4, 0.5) is 0 Å². The molecule has 1 fully saturated rings. The predicted molar refractivity (Wildman–Crippen MR) is 66.0 cm³/mol. The number of likely N-dealkylation sites (tertiary alicyclic amines) is 1. The lowest BCUT2D eigenvalue weighted by molar-refractivity contribution is 0.240. The van der Waals surface area contributed by atoms with Crippen LogP contribution in [-0.2, 0) is 0 Å². The maximum Gasteiger partial charge on any atom is 0.0485 e.